The monoisotopic (exact) mass is 237 g/mol. The minimum atomic E-state index is -0.315. The van der Waals surface area contributed by atoms with E-state index in [4.69, 9.17) is 11.5 Å². The molecule has 1 aliphatic carbocycles. The fourth-order valence-corrected chi connectivity index (χ4v) is 2.43. The van der Waals surface area contributed by atoms with Gasteiger partial charge in [-0.2, -0.15) is 0 Å². The minimum Gasteiger partial charge on any atom is -0.391 e. The molecule has 17 heavy (non-hydrogen) atoms. The number of rotatable bonds is 4. The lowest BCUT2D eigenvalue weighted by molar-refractivity contribution is 0.461. The molecule has 1 atom stereocenters. The third-order valence-electron chi connectivity index (χ3n) is 3.43. The van der Waals surface area contributed by atoms with Gasteiger partial charge in [0.2, 0.25) is 0 Å². The summed E-state index contributed by atoms with van der Waals surface area (Å²) >= 11 is 0. The minimum absolute atomic E-state index is 0.129. The number of hydrogen-bond acceptors (Lipinski definition) is 5. The van der Waals surface area contributed by atoms with Gasteiger partial charge in [-0.15, -0.1) is 0 Å². The van der Waals surface area contributed by atoms with E-state index in [1.807, 2.05) is 0 Å². The lowest BCUT2D eigenvalue weighted by Gasteiger charge is -2.23. The summed E-state index contributed by atoms with van der Waals surface area (Å²) in [5.41, 5.74) is 11.3. The van der Waals surface area contributed by atoms with Crippen LogP contribution in [0.5, 0.6) is 0 Å². The van der Waals surface area contributed by atoms with Crippen LogP contribution in [0.4, 0.5) is 11.5 Å². The molecular weight excluding hydrogens is 218 g/mol. The first-order valence-electron chi connectivity index (χ1n) is 6.02. The number of aromatic nitrogens is 2. The molecule has 0 amide bonds. The van der Waals surface area contributed by atoms with Crippen LogP contribution in [0.15, 0.2) is 11.1 Å². The maximum Gasteiger partial charge on any atom is 0.276 e. The van der Waals surface area contributed by atoms with Crippen LogP contribution in [-0.2, 0) is 0 Å². The third-order valence-corrected chi connectivity index (χ3v) is 3.43. The highest BCUT2D eigenvalue weighted by molar-refractivity contribution is 5.59. The molecule has 1 aliphatic rings. The first-order chi connectivity index (χ1) is 8.22. The molecule has 0 saturated heterocycles. The highest BCUT2D eigenvalue weighted by atomic mass is 16.1. The van der Waals surface area contributed by atoms with Crippen molar-refractivity contribution < 1.29 is 0 Å². The van der Waals surface area contributed by atoms with Crippen LogP contribution >= 0.6 is 0 Å². The average Bonchev–Trinajstić information content (AvgIpc) is 2.85. The number of anilines is 2. The number of nitrogens with two attached hydrogens (primary N) is 2. The SMILES string of the molecule is NCC(Nc1nc[nH]c(=O)c1N)C1CCCC1. The van der Waals surface area contributed by atoms with Crippen molar-refractivity contribution in [2.75, 3.05) is 17.6 Å². The Balaban J connectivity index is 2.12. The zero-order valence-corrected chi connectivity index (χ0v) is 9.78. The lowest BCUT2D eigenvalue weighted by Crippen LogP contribution is -2.36. The van der Waals surface area contributed by atoms with Crippen LogP contribution in [0.25, 0.3) is 0 Å². The highest BCUT2D eigenvalue weighted by Crippen LogP contribution is 2.29. The van der Waals surface area contributed by atoms with Gasteiger partial charge < -0.3 is 21.8 Å². The topological polar surface area (TPSA) is 110 Å². The molecule has 1 aromatic heterocycles. The van der Waals surface area contributed by atoms with E-state index < -0.39 is 0 Å². The molecule has 1 saturated carbocycles. The van der Waals surface area contributed by atoms with Gasteiger partial charge in [0.25, 0.3) is 5.56 Å². The van der Waals surface area contributed by atoms with Crippen molar-refractivity contribution in [3.63, 3.8) is 0 Å². The fourth-order valence-electron chi connectivity index (χ4n) is 2.43. The van der Waals surface area contributed by atoms with Crippen LogP contribution in [0.1, 0.15) is 25.7 Å². The lowest BCUT2D eigenvalue weighted by atomic mass is 9.98. The molecule has 1 aromatic rings. The van der Waals surface area contributed by atoms with Gasteiger partial charge in [-0.25, -0.2) is 4.98 Å². The molecular formula is C11H19N5O. The van der Waals surface area contributed by atoms with E-state index in [-0.39, 0.29) is 17.3 Å². The zero-order chi connectivity index (χ0) is 12.3. The van der Waals surface area contributed by atoms with Crippen LogP contribution in [0, 0.1) is 5.92 Å². The maximum atomic E-state index is 11.3. The molecule has 0 aliphatic heterocycles. The Labute approximate surface area is 99.8 Å². The van der Waals surface area contributed by atoms with E-state index in [1.165, 1.54) is 32.0 Å². The van der Waals surface area contributed by atoms with Gasteiger partial charge >= 0.3 is 0 Å². The summed E-state index contributed by atoms with van der Waals surface area (Å²) in [5.74, 6) is 0.997. The summed E-state index contributed by atoms with van der Waals surface area (Å²) in [6.07, 6.45) is 6.21. The van der Waals surface area contributed by atoms with Crippen LogP contribution in [0.2, 0.25) is 0 Å². The molecule has 0 spiro atoms. The van der Waals surface area contributed by atoms with E-state index in [9.17, 15) is 4.79 Å². The van der Waals surface area contributed by atoms with Crippen molar-refractivity contribution in [1.82, 2.24) is 9.97 Å². The normalized spacial score (nSPS) is 18.2. The van der Waals surface area contributed by atoms with Gasteiger partial charge in [0, 0.05) is 12.6 Å². The van der Waals surface area contributed by atoms with Crippen LogP contribution in [-0.4, -0.2) is 22.6 Å². The Morgan fingerprint density at radius 2 is 2.24 bits per heavy atom. The molecule has 6 heteroatoms. The van der Waals surface area contributed by atoms with Crippen molar-refractivity contribution in [2.45, 2.75) is 31.7 Å². The van der Waals surface area contributed by atoms with E-state index in [0.29, 0.717) is 18.3 Å². The molecule has 0 aromatic carbocycles. The summed E-state index contributed by atoms with van der Waals surface area (Å²) < 4.78 is 0. The number of nitrogens with one attached hydrogen (secondary N) is 2. The van der Waals surface area contributed by atoms with Crippen molar-refractivity contribution in [2.24, 2.45) is 11.7 Å². The molecule has 6 nitrogen and oxygen atoms in total. The molecule has 0 radical (unpaired) electrons. The predicted octanol–water partition coefficient (Wildman–Crippen LogP) is 0.281. The number of nitrogens with zero attached hydrogens (tertiary/aromatic N) is 1. The average molecular weight is 237 g/mol. The summed E-state index contributed by atoms with van der Waals surface area (Å²) in [7, 11) is 0. The Kier molecular flexibility index (Phi) is 3.63. The number of aromatic amines is 1. The highest BCUT2D eigenvalue weighted by Gasteiger charge is 2.24. The number of H-pyrrole nitrogens is 1. The Morgan fingerprint density at radius 1 is 1.53 bits per heavy atom. The van der Waals surface area contributed by atoms with E-state index in [1.54, 1.807) is 0 Å². The molecule has 6 N–H and O–H groups in total. The van der Waals surface area contributed by atoms with E-state index in [2.05, 4.69) is 15.3 Å². The van der Waals surface area contributed by atoms with Gasteiger partial charge in [-0.05, 0) is 18.8 Å². The standard InChI is InChI=1S/C11H19N5O/c12-5-8(7-3-1-2-4-7)16-10-9(13)11(17)15-6-14-10/h6-8H,1-5,12-13H2,(H2,14,15,16,17). The van der Waals surface area contributed by atoms with E-state index >= 15 is 0 Å². The summed E-state index contributed by atoms with van der Waals surface area (Å²) in [6, 6.07) is 0.147. The molecule has 1 unspecified atom stereocenters. The van der Waals surface area contributed by atoms with Gasteiger partial charge in [0.05, 0.1) is 6.33 Å². The smallest absolute Gasteiger partial charge is 0.276 e. The number of nitrogen functional groups attached to an aromatic ring is 1. The molecule has 2 rings (SSSR count). The Morgan fingerprint density at radius 3 is 2.88 bits per heavy atom. The first-order valence-corrected chi connectivity index (χ1v) is 6.02. The van der Waals surface area contributed by atoms with Gasteiger partial charge in [-0.1, -0.05) is 12.8 Å². The summed E-state index contributed by atoms with van der Waals surface area (Å²) in [6.45, 7) is 0.526. The predicted molar refractivity (Wildman–Crippen MR) is 67.7 cm³/mol. The largest absolute Gasteiger partial charge is 0.391 e. The van der Waals surface area contributed by atoms with Crippen LogP contribution in [0.3, 0.4) is 0 Å². The van der Waals surface area contributed by atoms with Crippen molar-refractivity contribution >= 4 is 11.5 Å². The zero-order valence-electron chi connectivity index (χ0n) is 9.78. The first kappa shape index (κ1) is 11.9. The number of hydrogen-bond donors (Lipinski definition) is 4. The molecule has 0 bridgehead atoms. The second-order valence-corrected chi connectivity index (χ2v) is 4.53. The Hall–Kier alpha value is -1.56. The maximum absolute atomic E-state index is 11.3. The fraction of sp³-hybridized carbons (Fsp3) is 0.636. The van der Waals surface area contributed by atoms with Crippen molar-refractivity contribution in [3.8, 4) is 0 Å². The third kappa shape index (κ3) is 2.58. The van der Waals surface area contributed by atoms with Crippen molar-refractivity contribution in [3.05, 3.63) is 16.7 Å². The summed E-state index contributed by atoms with van der Waals surface area (Å²) in [5, 5.41) is 3.20. The van der Waals surface area contributed by atoms with E-state index in [0.717, 1.165) is 0 Å². The Bertz CT molecular complexity index is 424. The van der Waals surface area contributed by atoms with Crippen LogP contribution < -0.4 is 22.3 Å². The molecule has 1 fully saturated rings. The van der Waals surface area contributed by atoms with Crippen molar-refractivity contribution in [1.29, 1.82) is 0 Å². The molecule has 94 valence electrons. The van der Waals surface area contributed by atoms with Gasteiger partial charge in [-0.3, -0.25) is 4.79 Å². The quantitative estimate of drug-likeness (QED) is 0.601. The van der Waals surface area contributed by atoms with Gasteiger partial charge in [0.15, 0.2) is 5.82 Å². The second-order valence-electron chi connectivity index (χ2n) is 4.53. The van der Waals surface area contributed by atoms with Gasteiger partial charge in [0.1, 0.15) is 5.69 Å². The second kappa shape index (κ2) is 5.18. The summed E-state index contributed by atoms with van der Waals surface area (Å²) in [4.78, 5) is 17.8. The molecule has 1 heterocycles.